The van der Waals surface area contributed by atoms with Gasteiger partial charge in [0.1, 0.15) is 12.4 Å². The van der Waals surface area contributed by atoms with E-state index in [1.165, 1.54) is 6.20 Å². The number of hydrogen-bond acceptors (Lipinski definition) is 4. The summed E-state index contributed by atoms with van der Waals surface area (Å²) >= 11 is 5.77. The highest BCUT2D eigenvalue weighted by molar-refractivity contribution is 6.29. The van der Waals surface area contributed by atoms with Gasteiger partial charge < -0.3 is 9.64 Å². The molecule has 1 aliphatic heterocycles. The smallest absolute Gasteiger partial charge is 0.222 e. The van der Waals surface area contributed by atoms with Gasteiger partial charge in [-0.3, -0.25) is 4.79 Å². The number of halogens is 1. The van der Waals surface area contributed by atoms with Gasteiger partial charge in [-0.2, -0.15) is 5.10 Å². The van der Waals surface area contributed by atoms with Crippen LogP contribution in [0.2, 0.25) is 5.15 Å². The Morgan fingerprint density at radius 1 is 1.17 bits per heavy atom. The summed E-state index contributed by atoms with van der Waals surface area (Å²) in [7, 11) is 0. The molecule has 1 fully saturated rings. The second-order valence-corrected chi connectivity index (χ2v) is 5.98. The number of hydrogen-bond donors (Lipinski definition) is 0. The van der Waals surface area contributed by atoms with Crippen LogP contribution in [0.1, 0.15) is 30.4 Å². The van der Waals surface area contributed by atoms with E-state index in [9.17, 15) is 4.79 Å². The molecule has 0 atom stereocenters. The Hall–Kier alpha value is -2.14. The quantitative estimate of drug-likeness (QED) is 0.844. The molecule has 0 radical (unpaired) electrons. The highest BCUT2D eigenvalue weighted by Crippen LogP contribution is 2.17. The van der Waals surface area contributed by atoms with Crippen LogP contribution >= 0.6 is 11.6 Å². The van der Waals surface area contributed by atoms with E-state index in [-0.39, 0.29) is 5.91 Å². The minimum Gasteiger partial charge on any atom is -0.487 e. The maximum absolute atomic E-state index is 11.8. The second kappa shape index (κ2) is 7.42. The van der Waals surface area contributed by atoms with Gasteiger partial charge in [-0.25, -0.2) is 0 Å². The van der Waals surface area contributed by atoms with Crippen LogP contribution in [0.5, 0.6) is 5.75 Å². The SMILES string of the molecule is O=C1CCCCN1Cc1ccc(COc2cnnc(Cl)c2)cc1. The molecule has 1 aromatic carbocycles. The first-order valence-electron chi connectivity index (χ1n) is 7.67. The summed E-state index contributed by atoms with van der Waals surface area (Å²) in [6.45, 7) is 1.98. The first-order chi connectivity index (χ1) is 11.2. The largest absolute Gasteiger partial charge is 0.487 e. The average molecular weight is 332 g/mol. The number of rotatable bonds is 5. The predicted octanol–water partition coefficient (Wildman–Crippen LogP) is 3.22. The number of piperidine rings is 1. The summed E-state index contributed by atoms with van der Waals surface area (Å²) < 4.78 is 5.63. The van der Waals surface area contributed by atoms with E-state index < -0.39 is 0 Å². The Labute approximate surface area is 140 Å². The zero-order valence-electron chi connectivity index (χ0n) is 12.7. The summed E-state index contributed by atoms with van der Waals surface area (Å²) in [5.74, 6) is 0.846. The van der Waals surface area contributed by atoms with Crippen LogP contribution in [0.15, 0.2) is 36.5 Å². The van der Waals surface area contributed by atoms with E-state index in [0.29, 0.717) is 30.5 Å². The van der Waals surface area contributed by atoms with E-state index in [0.717, 1.165) is 30.5 Å². The highest BCUT2D eigenvalue weighted by Gasteiger charge is 2.17. The molecule has 2 aromatic rings. The number of carbonyl (C=O) groups is 1. The van der Waals surface area contributed by atoms with Crippen LogP contribution < -0.4 is 4.74 Å². The third kappa shape index (κ3) is 4.42. The Kier molecular flexibility index (Phi) is 5.08. The predicted molar refractivity (Wildman–Crippen MR) is 87.1 cm³/mol. The first-order valence-corrected chi connectivity index (χ1v) is 8.05. The van der Waals surface area contributed by atoms with Crippen LogP contribution in [0, 0.1) is 0 Å². The standard InChI is InChI=1S/C17H18ClN3O2/c18-16-9-15(10-19-20-16)23-12-14-6-4-13(5-7-14)11-21-8-2-1-3-17(21)22/h4-7,9-10H,1-3,8,11-12H2. The Morgan fingerprint density at radius 3 is 2.70 bits per heavy atom. The molecule has 0 bridgehead atoms. The molecule has 0 N–H and O–H groups in total. The van der Waals surface area contributed by atoms with Crippen molar-refractivity contribution in [1.82, 2.24) is 15.1 Å². The first kappa shape index (κ1) is 15.7. The van der Waals surface area contributed by atoms with Crippen molar-refractivity contribution in [3.63, 3.8) is 0 Å². The van der Waals surface area contributed by atoms with Gasteiger partial charge in [-0.15, -0.1) is 5.10 Å². The van der Waals surface area contributed by atoms with Gasteiger partial charge >= 0.3 is 0 Å². The lowest BCUT2D eigenvalue weighted by Crippen LogP contribution is -2.34. The molecule has 1 aromatic heterocycles. The monoisotopic (exact) mass is 331 g/mol. The second-order valence-electron chi connectivity index (χ2n) is 5.59. The van der Waals surface area contributed by atoms with Crippen molar-refractivity contribution in [3.05, 3.63) is 52.8 Å². The molecule has 1 aliphatic rings. The third-order valence-electron chi connectivity index (χ3n) is 3.82. The van der Waals surface area contributed by atoms with Gasteiger partial charge in [-0.05, 0) is 24.0 Å². The number of likely N-dealkylation sites (tertiary alicyclic amines) is 1. The number of nitrogens with zero attached hydrogens (tertiary/aromatic N) is 3. The Morgan fingerprint density at radius 2 is 1.96 bits per heavy atom. The van der Waals surface area contributed by atoms with Gasteiger partial charge in [0.2, 0.25) is 5.91 Å². The van der Waals surface area contributed by atoms with Gasteiger partial charge in [0.25, 0.3) is 0 Å². The molecular formula is C17H18ClN3O2. The maximum Gasteiger partial charge on any atom is 0.222 e. The van der Waals surface area contributed by atoms with Crippen LogP contribution in [0.3, 0.4) is 0 Å². The van der Waals surface area contributed by atoms with Gasteiger partial charge in [0.15, 0.2) is 5.15 Å². The van der Waals surface area contributed by atoms with Crippen molar-refractivity contribution in [1.29, 1.82) is 0 Å². The molecule has 6 heteroatoms. The minimum atomic E-state index is 0.255. The average Bonchev–Trinajstić information content (AvgIpc) is 2.56. The van der Waals surface area contributed by atoms with Crippen LogP contribution in [0.4, 0.5) is 0 Å². The molecule has 23 heavy (non-hydrogen) atoms. The third-order valence-corrected chi connectivity index (χ3v) is 4.01. The molecule has 5 nitrogen and oxygen atoms in total. The van der Waals surface area contributed by atoms with Crippen molar-refractivity contribution in [2.24, 2.45) is 0 Å². The highest BCUT2D eigenvalue weighted by atomic mass is 35.5. The molecule has 0 aliphatic carbocycles. The fourth-order valence-electron chi connectivity index (χ4n) is 2.56. The molecule has 0 unspecified atom stereocenters. The van der Waals surface area contributed by atoms with Crippen molar-refractivity contribution in [2.75, 3.05) is 6.54 Å². The molecule has 2 heterocycles. The van der Waals surface area contributed by atoms with Crippen LogP contribution in [-0.4, -0.2) is 27.5 Å². The number of ether oxygens (including phenoxy) is 1. The lowest BCUT2D eigenvalue weighted by atomic mass is 10.1. The maximum atomic E-state index is 11.8. The van der Waals surface area contributed by atoms with Crippen LogP contribution in [0.25, 0.3) is 0 Å². The van der Waals surface area contributed by atoms with Crippen LogP contribution in [-0.2, 0) is 17.9 Å². The van der Waals surface area contributed by atoms with Crippen molar-refractivity contribution in [3.8, 4) is 5.75 Å². The molecule has 120 valence electrons. The van der Waals surface area contributed by atoms with E-state index in [1.54, 1.807) is 6.07 Å². The Balaban J connectivity index is 1.55. The molecule has 1 saturated heterocycles. The fourth-order valence-corrected chi connectivity index (χ4v) is 2.71. The van der Waals surface area contributed by atoms with Gasteiger partial charge in [0, 0.05) is 25.6 Å². The summed E-state index contributed by atoms with van der Waals surface area (Å²) in [5.41, 5.74) is 2.18. The lowest BCUT2D eigenvalue weighted by molar-refractivity contribution is -0.133. The minimum absolute atomic E-state index is 0.255. The van der Waals surface area contributed by atoms with E-state index in [2.05, 4.69) is 10.2 Å². The summed E-state index contributed by atoms with van der Waals surface area (Å²) in [6, 6.07) is 9.74. The van der Waals surface area contributed by atoms with E-state index in [1.807, 2.05) is 29.2 Å². The molecule has 1 amide bonds. The molecule has 3 rings (SSSR count). The van der Waals surface area contributed by atoms with Crippen molar-refractivity contribution >= 4 is 17.5 Å². The van der Waals surface area contributed by atoms with Gasteiger partial charge in [-0.1, -0.05) is 35.9 Å². The summed E-state index contributed by atoms with van der Waals surface area (Å²) in [4.78, 5) is 13.8. The number of benzene rings is 1. The van der Waals surface area contributed by atoms with E-state index >= 15 is 0 Å². The Bertz CT molecular complexity index is 676. The summed E-state index contributed by atoms with van der Waals surface area (Å²) in [5, 5.41) is 7.72. The number of carbonyl (C=O) groups excluding carboxylic acids is 1. The van der Waals surface area contributed by atoms with Gasteiger partial charge in [0.05, 0.1) is 6.20 Å². The zero-order valence-corrected chi connectivity index (χ0v) is 13.5. The normalized spacial score (nSPS) is 14.8. The topological polar surface area (TPSA) is 55.3 Å². The molecule has 0 saturated carbocycles. The summed E-state index contributed by atoms with van der Waals surface area (Å²) in [6.07, 6.45) is 4.32. The fraction of sp³-hybridized carbons (Fsp3) is 0.353. The molecule has 0 spiro atoms. The zero-order chi connectivity index (χ0) is 16.1. The number of amides is 1. The molecular weight excluding hydrogens is 314 g/mol. The number of aromatic nitrogens is 2. The lowest BCUT2D eigenvalue weighted by Gasteiger charge is -2.26. The van der Waals surface area contributed by atoms with E-state index in [4.69, 9.17) is 16.3 Å². The van der Waals surface area contributed by atoms with Crippen molar-refractivity contribution < 1.29 is 9.53 Å². The van der Waals surface area contributed by atoms with Crippen molar-refractivity contribution in [2.45, 2.75) is 32.4 Å².